The molecule has 1 aliphatic rings. The van der Waals surface area contributed by atoms with Gasteiger partial charge in [-0.1, -0.05) is 13.8 Å². The van der Waals surface area contributed by atoms with Crippen LogP contribution in [0, 0.1) is 12.8 Å². The van der Waals surface area contributed by atoms with E-state index in [1.165, 1.54) is 0 Å². The van der Waals surface area contributed by atoms with Crippen LogP contribution in [0.3, 0.4) is 0 Å². The van der Waals surface area contributed by atoms with Gasteiger partial charge in [-0.3, -0.25) is 4.79 Å². The number of carboxylic acid groups (broad SMARTS) is 1. The van der Waals surface area contributed by atoms with Crippen LogP contribution in [0.25, 0.3) is 0 Å². The molecule has 1 aromatic heterocycles. The van der Waals surface area contributed by atoms with Crippen molar-refractivity contribution in [1.82, 2.24) is 15.3 Å². The van der Waals surface area contributed by atoms with Crippen molar-refractivity contribution in [3.05, 3.63) is 17.5 Å². The number of nitrogens with zero attached hydrogens (tertiary/aromatic N) is 3. The van der Waals surface area contributed by atoms with Gasteiger partial charge in [-0.05, 0) is 31.7 Å². The van der Waals surface area contributed by atoms with Crippen molar-refractivity contribution in [2.45, 2.75) is 46.1 Å². The van der Waals surface area contributed by atoms with Crippen molar-refractivity contribution in [2.75, 3.05) is 24.5 Å². The number of aryl methyl sites for hydroxylation is 1. The zero-order valence-electron chi connectivity index (χ0n) is 13.7. The number of anilines is 1. The van der Waals surface area contributed by atoms with Crippen LogP contribution in [-0.2, 0) is 11.2 Å². The van der Waals surface area contributed by atoms with Gasteiger partial charge < -0.3 is 15.3 Å². The highest BCUT2D eigenvalue weighted by molar-refractivity contribution is 5.66. The smallest absolute Gasteiger partial charge is 0.304 e. The first-order valence-corrected chi connectivity index (χ1v) is 7.98. The molecule has 2 rings (SSSR count). The van der Waals surface area contributed by atoms with Crippen molar-refractivity contribution in [2.24, 2.45) is 5.92 Å². The van der Waals surface area contributed by atoms with Gasteiger partial charge in [0.25, 0.3) is 0 Å². The summed E-state index contributed by atoms with van der Waals surface area (Å²) in [4.78, 5) is 22.0. The fraction of sp³-hybridized carbons (Fsp3) is 0.688. The number of nitrogens with one attached hydrogen (secondary N) is 1. The quantitative estimate of drug-likeness (QED) is 0.797. The second-order valence-electron chi connectivity index (χ2n) is 6.43. The molecule has 0 bridgehead atoms. The molecule has 6 heteroatoms. The van der Waals surface area contributed by atoms with Crippen LogP contribution in [0.1, 0.15) is 38.1 Å². The summed E-state index contributed by atoms with van der Waals surface area (Å²) < 4.78 is 0. The van der Waals surface area contributed by atoms with Gasteiger partial charge >= 0.3 is 5.97 Å². The molecular weight excluding hydrogens is 280 g/mol. The normalized spacial score (nSPS) is 18.2. The Morgan fingerprint density at radius 2 is 2.27 bits per heavy atom. The van der Waals surface area contributed by atoms with Crippen molar-refractivity contribution >= 4 is 11.9 Å². The molecule has 1 saturated heterocycles. The van der Waals surface area contributed by atoms with Crippen LogP contribution in [0.15, 0.2) is 6.07 Å². The zero-order valence-corrected chi connectivity index (χ0v) is 13.7. The maximum Gasteiger partial charge on any atom is 0.304 e. The first-order valence-electron chi connectivity index (χ1n) is 7.98. The number of hydrogen-bond donors (Lipinski definition) is 2. The van der Waals surface area contributed by atoms with Gasteiger partial charge in [-0.25, -0.2) is 9.97 Å². The molecule has 1 aromatic rings. The monoisotopic (exact) mass is 306 g/mol. The number of aliphatic carboxylic acids is 1. The summed E-state index contributed by atoms with van der Waals surface area (Å²) in [6.07, 6.45) is 2.12. The average Bonchev–Trinajstić information content (AvgIpc) is 2.85. The number of aromatic nitrogens is 2. The van der Waals surface area contributed by atoms with Gasteiger partial charge in [0.05, 0.1) is 6.42 Å². The second-order valence-corrected chi connectivity index (χ2v) is 6.43. The Bertz CT molecular complexity index is 519. The highest BCUT2D eigenvalue weighted by atomic mass is 16.4. The van der Waals surface area contributed by atoms with Gasteiger partial charge in [-0.2, -0.15) is 0 Å². The van der Waals surface area contributed by atoms with E-state index in [1.807, 2.05) is 6.92 Å². The molecule has 0 amide bonds. The molecule has 0 aliphatic carbocycles. The Kier molecular flexibility index (Phi) is 5.71. The minimum atomic E-state index is -0.761. The highest BCUT2D eigenvalue weighted by Gasteiger charge is 2.24. The average molecular weight is 306 g/mol. The standard InChI is InChI=1S/C16H26N4O2/c1-11(2)8-14-9-12(3)18-16(19-14)20-7-5-13(10-20)17-6-4-15(21)22/h9,11,13,17H,4-8,10H2,1-3H3,(H,21,22)/t13-/m1/s1. The molecule has 0 saturated carbocycles. The van der Waals surface area contributed by atoms with Crippen molar-refractivity contribution in [3.63, 3.8) is 0 Å². The molecule has 0 unspecified atom stereocenters. The van der Waals surface area contributed by atoms with Gasteiger partial charge in [0.15, 0.2) is 0 Å². The van der Waals surface area contributed by atoms with E-state index in [9.17, 15) is 4.79 Å². The Labute approximate surface area is 132 Å². The summed E-state index contributed by atoms with van der Waals surface area (Å²) in [6, 6.07) is 2.37. The molecule has 0 aromatic carbocycles. The summed E-state index contributed by atoms with van der Waals surface area (Å²) >= 11 is 0. The predicted octanol–water partition coefficient (Wildman–Crippen LogP) is 1.63. The van der Waals surface area contributed by atoms with Gasteiger partial charge in [0.1, 0.15) is 0 Å². The highest BCUT2D eigenvalue weighted by Crippen LogP contribution is 2.18. The maximum absolute atomic E-state index is 10.6. The third-order valence-electron chi connectivity index (χ3n) is 3.76. The summed E-state index contributed by atoms with van der Waals surface area (Å²) in [5.74, 6) is 0.618. The first kappa shape index (κ1) is 16.7. The van der Waals surface area contributed by atoms with Crippen molar-refractivity contribution < 1.29 is 9.90 Å². The summed E-state index contributed by atoms with van der Waals surface area (Å²) in [5.41, 5.74) is 2.10. The van der Waals surface area contributed by atoms with E-state index in [2.05, 4.69) is 35.1 Å². The Balaban J connectivity index is 1.95. The molecule has 1 fully saturated rings. The maximum atomic E-state index is 10.6. The predicted molar refractivity (Wildman–Crippen MR) is 86.2 cm³/mol. The van der Waals surface area contributed by atoms with Crippen molar-refractivity contribution in [3.8, 4) is 0 Å². The zero-order chi connectivity index (χ0) is 16.1. The topological polar surface area (TPSA) is 78.4 Å². The molecule has 122 valence electrons. The van der Waals surface area contributed by atoms with Crippen LogP contribution in [0.5, 0.6) is 0 Å². The van der Waals surface area contributed by atoms with E-state index in [4.69, 9.17) is 10.1 Å². The lowest BCUT2D eigenvalue weighted by atomic mass is 10.1. The molecule has 2 heterocycles. The fourth-order valence-corrected chi connectivity index (χ4v) is 2.77. The fourth-order valence-electron chi connectivity index (χ4n) is 2.77. The van der Waals surface area contributed by atoms with E-state index >= 15 is 0 Å². The molecule has 0 spiro atoms. The minimum absolute atomic E-state index is 0.163. The summed E-state index contributed by atoms with van der Waals surface area (Å²) in [5, 5.41) is 12.0. The van der Waals surface area contributed by atoms with Crippen LogP contribution in [-0.4, -0.2) is 46.7 Å². The van der Waals surface area contributed by atoms with Gasteiger partial charge in [0.2, 0.25) is 5.95 Å². The van der Waals surface area contributed by atoms with Crippen LogP contribution in [0.4, 0.5) is 5.95 Å². The second kappa shape index (κ2) is 7.54. The van der Waals surface area contributed by atoms with Crippen molar-refractivity contribution in [1.29, 1.82) is 0 Å². The van der Waals surface area contributed by atoms with Gasteiger partial charge in [-0.15, -0.1) is 0 Å². The lowest BCUT2D eigenvalue weighted by molar-refractivity contribution is -0.136. The molecule has 0 radical (unpaired) electrons. The Hall–Kier alpha value is -1.69. The molecule has 6 nitrogen and oxygen atoms in total. The number of carbonyl (C=O) groups is 1. The molecular formula is C16H26N4O2. The van der Waals surface area contributed by atoms with E-state index in [0.29, 0.717) is 18.5 Å². The van der Waals surface area contributed by atoms with Crippen LogP contribution >= 0.6 is 0 Å². The largest absolute Gasteiger partial charge is 0.481 e. The number of rotatable bonds is 7. The summed E-state index contributed by atoms with van der Waals surface area (Å²) in [7, 11) is 0. The van der Waals surface area contributed by atoms with Gasteiger partial charge in [0, 0.05) is 37.1 Å². The molecule has 2 N–H and O–H groups in total. The minimum Gasteiger partial charge on any atom is -0.481 e. The van der Waals surface area contributed by atoms with Crippen LogP contribution < -0.4 is 10.2 Å². The Morgan fingerprint density at radius 1 is 1.50 bits per heavy atom. The molecule has 1 atom stereocenters. The summed E-state index contributed by atoms with van der Waals surface area (Å²) in [6.45, 7) is 8.65. The van der Waals surface area contributed by atoms with E-state index in [0.717, 1.165) is 43.3 Å². The third-order valence-corrected chi connectivity index (χ3v) is 3.76. The number of carboxylic acids is 1. The van der Waals surface area contributed by atoms with Crippen LogP contribution in [0.2, 0.25) is 0 Å². The lowest BCUT2D eigenvalue weighted by Gasteiger charge is -2.18. The lowest BCUT2D eigenvalue weighted by Crippen LogP contribution is -2.34. The van der Waals surface area contributed by atoms with E-state index in [-0.39, 0.29) is 6.42 Å². The van der Waals surface area contributed by atoms with E-state index in [1.54, 1.807) is 0 Å². The Morgan fingerprint density at radius 3 is 2.95 bits per heavy atom. The SMILES string of the molecule is Cc1cc(CC(C)C)nc(N2CC[C@@H](NCCC(=O)O)C2)n1. The number of hydrogen-bond acceptors (Lipinski definition) is 5. The third kappa shape index (κ3) is 4.94. The molecule has 22 heavy (non-hydrogen) atoms. The first-order chi connectivity index (χ1) is 10.4. The van der Waals surface area contributed by atoms with E-state index < -0.39 is 5.97 Å². The molecule has 1 aliphatic heterocycles.